The van der Waals surface area contributed by atoms with Gasteiger partial charge in [0.05, 0.1) is 17.3 Å². The highest BCUT2D eigenvalue weighted by Crippen LogP contribution is 2.17. The van der Waals surface area contributed by atoms with E-state index in [4.69, 9.17) is 0 Å². The predicted molar refractivity (Wildman–Crippen MR) is 89.1 cm³/mol. The number of halogens is 1. The van der Waals surface area contributed by atoms with Gasteiger partial charge in [0, 0.05) is 18.9 Å². The van der Waals surface area contributed by atoms with E-state index in [2.05, 4.69) is 10.3 Å². The topological polar surface area (TPSA) is 67.2 Å². The van der Waals surface area contributed by atoms with Crippen LogP contribution in [0.1, 0.15) is 11.4 Å². The Hall–Kier alpha value is -2.35. The van der Waals surface area contributed by atoms with Crippen molar-refractivity contribution < 1.29 is 14.0 Å². The first kappa shape index (κ1) is 16.5. The standard InChI is InChI=1S/C16H17FN4O2S/c1-11-18-4-5-21(11)14-3-2-12(6-13(14)17)7-19-15(22)8-20-10-24-9-16(20)23/h2-6H,7-10H2,1H3,(H,19,22). The van der Waals surface area contributed by atoms with Crippen molar-refractivity contribution >= 4 is 23.6 Å². The van der Waals surface area contributed by atoms with Crippen LogP contribution in [0.5, 0.6) is 0 Å². The average Bonchev–Trinajstić information content (AvgIpc) is 3.14. The van der Waals surface area contributed by atoms with Gasteiger partial charge in [-0.3, -0.25) is 9.59 Å². The molecule has 0 radical (unpaired) electrons. The number of aryl methyl sites for hydroxylation is 1. The molecule has 0 atom stereocenters. The molecule has 2 aromatic rings. The van der Waals surface area contributed by atoms with Crippen LogP contribution in [0.4, 0.5) is 4.39 Å². The van der Waals surface area contributed by atoms with Crippen molar-refractivity contribution in [2.45, 2.75) is 13.5 Å². The lowest BCUT2D eigenvalue weighted by molar-refractivity contribution is -0.132. The van der Waals surface area contributed by atoms with Crippen LogP contribution in [-0.2, 0) is 16.1 Å². The molecule has 1 aliphatic rings. The lowest BCUT2D eigenvalue weighted by atomic mass is 10.2. The molecule has 1 aliphatic heterocycles. The minimum atomic E-state index is -0.381. The third-order valence-corrected chi connectivity index (χ3v) is 4.69. The van der Waals surface area contributed by atoms with Gasteiger partial charge >= 0.3 is 0 Å². The monoisotopic (exact) mass is 348 g/mol. The summed E-state index contributed by atoms with van der Waals surface area (Å²) >= 11 is 1.49. The molecule has 0 saturated carbocycles. The van der Waals surface area contributed by atoms with E-state index < -0.39 is 0 Å². The van der Waals surface area contributed by atoms with Crippen LogP contribution in [0.2, 0.25) is 0 Å². The molecule has 1 fully saturated rings. The summed E-state index contributed by atoms with van der Waals surface area (Å²) < 4.78 is 15.9. The molecule has 0 bridgehead atoms. The molecule has 126 valence electrons. The fourth-order valence-electron chi connectivity index (χ4n) is 2.46. The number of carbonyl (C=O) groups is 2. The molecule has 0 unspecified atom stereocenters. The van der Waals surface area contributed by atoms with E-state index in [-0.39, 0.29) is 30.7 Å². The normalized spacial score (nSPS) is 14.2. The molecule has 2 amide bonds. The van der Waals surface area contributed by atoms with E-state index in [9.17, 15) is 14.0 Å². The van der Waals surface area contributed by atoms with Gasteiger partial charge in [0.15, 0.2) is 0 Å². The van der Waals surface area contributed by atoms with Crippen LogP contribution in [0, 0.1) is 12.7 Å². The summed E-state index contributed by atoms with van der Waals surface area (Å²) in [6, 6.07) is 4.81. The molecule has 2 heterocycles. The van der Waals surface area contributed by atoms with Crippen LogP contribution in [0.15, 0.2) is 30.6 Å². The Balaban J connectivity index is 1.60. The third kappa shape index (κ3) is 3.59. The van der Waals surface area contributed by atoms with E-state index in [1.165, 1.54) is 22.7 Å². The van der Waals surface area contributed by atoms with Gasteiger partial charge in [0.2, 0.25) is 11.8 Å². The van der Waals surface area contributed by atoms with Crippen molar-refractivity contribution in [3.8, 4) is 5.69 Å². The number of imidazole rings is 1. The van der Waals surface area contributed by atoms with E-state index in [0.29, 0.717) is 28.7 Å². The molecule has 8 heteroatoms. The molecular weight excluding hydrogens is 331 g/mol. The van der Waals surface area contributed by atoms with Gasteiger partial charge in [0.1, 0.15) is 18.2 Å². The maximum atomic E-state index is 14.3. The Morgan fingerprint density at radius 2 is 2.29 bits per heavy atom. The van der Waals surface area contributed by atoms with Crippen molar-refractivity contribution in [3.63, 3.8) is 0 Å². The van der Waals surface area contributed by atoms with Crippen LogP contribution >= 0.6 is 11.8 Å². The maximum absolute atomic E-state index is 14.3. The van der Waals surface area contributed by atoms with Crippen molar-refractivity contribution in [2.75, 3.05) is 18.2 Å². The molecule has 1 saturated heterocycles. The molecule has 1 aromatic heterocycles. The highest BCUT2D eigenvalue weighted by molar-refractivity contribution is 8.00. The van der Waals surface area contributed by atoms with E-state index in [1.54, 1.807) is 36.0 Å². The lowest BCUT2D eigenvalue weighted by Crippen LogP contribution is -2.37. The smallest absolute Gasteiger partial charge is 0.239 e. The predicted octanol–water partition coefficient (Wildman–Crippen LogP) is 1.47. The highest BCUT2D eigenvalue weighted by atomic mass is 32.2. The summed E-state index contributed by atoms with van der Waals surface area (Å²) in [7, 11) is 0. The van der Waals surface area contributed by atoms with E-state index >= 15 is 0 Å². The van der Waals surface area contributed by atoms with Crippen molar-refractivity contribution in [2.24, 2.45) is 0 Å². The van der Waals surface area contributed by atoms with Gasteiger partial charge in [-0.1, -0.05) is 6.07 Å². The zero-order chi connectivity index (χ0) is 17.1. The van der Waals surface area contributed by atoms with Crippen LogP contribution in [0.3, 0.4) is 0 Å². The van der Waals surface area contributed by atoms with Gasteiger partial charge in [-0.05, 0) is 24.6 Å². The van der Waals surface area contributed by atoms with Gasteiger partial charge in [-0.25, -0.2) is 9.37 Å². The SMILES string of the molecule is Cc1nccn1-c1ccc(CNC(=O)CN2CSCC2=O)cc1F. The first-order chi connectivity index (χ1) is 11.5. The number of thioether (sulfide) groups is 1. The molecule has 1 aromatic carbocycles. The second-order valence-electron chi connectivity index (χ2n) is 5.48. The zero-order valence-corrected chi connectivity index (χ0v) is 14.0. The first-order valence-corrected chi connectivity index (χ1v) is 8.61. The second-order valence-corrected chi connectivity index (χ2v) is 6.43. The largest absolute Gasteiger partial charge is 0.350 e. The summed E-state index contributed by atoms with van der Waals surface area (Å²) in [6.07, 6.45) is 3.31. The highest BCUT2D eigenvalue weighted by Gasteiger charge is 2.22. The number of carbonyl (C=O) groups excluding carboxylic acids is 2. The lowest BCUT2D eigenvalue weighted by Gasteiger charge is -2.14. The fraction of sp³-hybridized carbons (Fsp3) is 0.312. The molecule has 1 N–H and O–H groups in total. The molecule has 0 spiro atoms. The summed E-state index contributed by atoms with van der Waals surface area (Å²) in [4.78, 5) is 28.9. The number of amides is 2. The third-order valence-electron chi connectivity index (χ3n) is 3.75. The second kappa shape index (κ2) is 7.04. The number of nitrogens with one attached hydrogen (secondary N) is 1. The van der Waals surface area contributed by atoms with E-state index in [1.807, 2.05) is 0 Å². The summed E-state index contributed by atoms with van der Waals surface area (Å²) in [6.45, 7) is 2.06. The van der Waals surface area contributed by atoms with Gasteiger partial charge in [-0.15, -0.1) is 11.8 Å². The van der Waals surface area contributed by atoms with Crippen LogP contribution < -0.4 is 5.32 Å². The Kier molecular flexibility index (Phi) is 4.84. The average molecular weight is 348 g/mol. The Bertz CT molecular complexity index is 777. The molecular formula is C16H17FN4O2S. The maximum Gasteiger partial charge on any atom is 0.239 e. The van der Waals surface area contributed by atoms with Crippen LogP contribution in [0.25, 0.3) is 5.69 Å². The van der Waals surface area contributed by atoms with Crippen molar-refractivity contribution in [1.82, 2.24) is 19.8 Å². The van der Waals surface area contributed by atoms with Gasteiger partial charge in [0.25, 0.3) is 0 Å². The fourth-order valence-corrected chi connectivity index (χ4v) is 3.36. The molecule has 3 rings (SSSR count). The number of rotatable bonds is 5. The number of hydrogen-bond acceptors (Lipinski definition) is 4. The quantitative estimate of drug-likeness (QED) is 0.889. The Labute approximate surface area is 143 Å². The van der Waals surface area contributed by atoms with Gasteiger partial charge in [-0.2, -0.15) is 0 Å². The first-order valence-electron chi connectivity index (χ1n) is 7.45. The zero-order valence-electron chi connectivity index (χ0n) is 13.2. The van der Waals surface area contributed by atoms with Crippen molar-refractivity contribution in [1.29, 1.82) is 0 Å². The van der Waals surface area contributed by atoms with Crippen LogP contribution in [-0.4, -0.2) is 44.4 Å². The molecule has 24 heavy (non-hydrogen) atoms. The molecule has 6 nitrogen and oxygen atoms in total. The molecule has 0 aliphatic carbocycles. The minimum absolute atomic E-state index is 0.0266. The number of hydrogen-bond donors (Lipinski definition) is 1. The summed E-state index contributed by atoms with van der Waals surface area (Å²) in [5.41, 5.74) is 1.07. The summed E-state index contributed by atoms with van der Waals surface area (Å²) in [5, 5.41) is 2.71. The van der Waals surface area contributed by atoms with Gasteiger partial charge < -0.3 is 14.8 Å². The summed E-state index contributed by atoms with van der Waals surface area (Å²) in [5.74, 6) is 1.01. The Morgan fingerprint density at radius 1 is 1.46 bits per heavy atom. The van der Waals surface area contributed by atoms with E-state index in [0.717, 1.165) is 0 Å². The minimum Gasteiger partial charge on any atom is -0.350 e. The van der Waals surface area contributed by atoms with Crippen molar-refractivity contribution in [3.05, 3.63) is 47.8 Å². The number of benzene rings is 1. The number of nitrogens with zero attached hydrogens (tertiary/aromatic N) is 3. The number of aromatic nitrogens is 2. The Morgan fingerprint density at radius 3 is 2.92 bits per heavy atom.